The number of carbonyl (C=O) groups excluding carboxylic acids is 1. The number of hydrogen-bond donors (Lipinski definition) is 2. The monoisotopic (exact) mass is 444 g/mol. The molecule has 0 radical (unpaired) electrons. The van der Waals surface area contributed by atoms with Crippen molar-refractivity contribution < 1.29 is 19.1 Å². The van der Waals surface area contributed by atoms with E-state index in [1.54, 1.807) is 0 Å². The average molecular weight is 445 g/mol. The molecule has 2 unspecified atom stereocenters. The second kappa shape index (κ2) is 12.4. The Labute approximate surface area is 190 Å². The number of amides is 1. The van der Waals surface area contributed by atoms with Crippen LogP contribution in [-0.4, -0.2) is 50.0 Å². The number of oxime groups is 1. The Bertz CT molecular complexity index is 818. The van der Waals surface area contributed by atoms with E-state index < -0.39 is 0 Å². The first kappa shape index (κ1) is 24.0. The van der Waals surface area contributed by atoms with E-state index in [1.165, 1.54) is 0 Å². The lowest BCUT2D eigenvalue weighted by Gasteiger charge is -2.18. The van der Waals surface area contributed by atoms with Crippen LogP contribution < -0.4 is 15.8 Å². The van der Waals surface area contributed by atoms with Crippen LogP contribution in [0.2, 0.25) is 0 Å². The van der Waals surface area contributed by atoms with E-state index in [-0.39, 0.29) is 11.9 Å². The van der Waals surface area contributed by atoms with Gasteiger partial charge < -0.3 is 25.4 Å². The van der Waals surface area contributed by atoms with Crippen molar-refractivity contribution in [2.75, 3.05) is 26.4 Å². The zero-order chi connectivity index (χ0) is 22.8. The number of aryl methyl sites for hydroxylation is 1. The summed E-state index contributed by atoms with van der Waals surface area (Å²) in [5.41, 5.74) is 7.62. The predicted octanol–water partition coefficient (Wildman–Crippen LogP) is 3.57. The fourth-order valence-electron chi connectivity index (χ4n) is 3.96. The van der Waals surface area contributed by atoms with Crippen molar-refractivity contribution in [3.8, 4) is 5.75 Å². The first-order valence-electron chi connectivity index (χ1n) is 11.7. The molecule has 1 fully saturated rings. The largest absolute Gasteiger partial charge is 0.494 e. The molecule has 1 amide bonds. The molecule has 0 spiro atoms. The van der Waals surface area contributed by atoms with Gasteiger partial charge in [0.05, 0.1) is 19.3 Å². The number of carbonyl (C=O) groups is 1. The highest BCUT2D eigenvalue weighted by Gasteiger charge is 2.19. The van der Waals surface area contributed by atoms with Crippen LogP contribution in [0.3, 0.4) is 0 Å². The van der Waals surface area contributed by atoms with E-state index in [1.807, 2.05) is 32.0 Å². The molecule has 2 atom stereocenters. The smallest absolute Gasteiger partial charge is 0.251 e. The number of nitrogens with one attached hydrogen (secondary N) is 1. The molecule has 8 nitrogen and oxygen atoms in total. The van der Waals surface area contributed by atoms with Gasteiger partial charge in [0.25, 0.3) is 5.91 Å². The van der Waals surface area contributed by atoms with Crippen molar-refractivity contribution in [3.63, 3.8) is 0 Å². The van der Waals surface area contributed by atoms with Gasteiger partial charge in [0.15, 0.2) is 5.84 Å². The molecule has 0 aliphatic carbocycles. The quantitative estimate of drug-likeness (QED) is 0.596. The van der Waals surface area contributed by atoms with Crippen LogP contribution in [-0.2, 0) is 9.57 Å². The summed E-state index contributed by atoms with van der Waals surface area (Å²) < 4.78 is 11.3. The fourth-order valence-corrected chi connectivity index (χ4v) is 3.96. The molecule has 1 aromatic carbocycles. The van der Waals surface area contributed by atoms with Crippen LogP contribution >= 0.6 is 0 Å². The van der Waals surface area contributed by atoms with Crippen molar-refractivity contribution in [2.45, 2.75) is 64.8 Å². The fraction of sp³-hybridized carbons (Fsp3) is 0.625. The Kier molecular flexibility index (Phi) is 9.34. The van der Waals surface area contributed by atoms with Crippen LogP contribution in [0.1, 0.15) is 67.8 Å². The summed E-state index contributed by atoms with van der Waals surface area (Å²) in [5.74, 6) is 2.51. The van der Waals surface area contributed by atoms with Gasteiger partial charge in [0.1, 0.15) is 18.2 Å². The molecule has 0 saturated carbocycles. The minimum Gasteiger partial charge on any atom is -0.494 e. The number of hydrogen-bond acceptors (Lipinski definition) is 7. The summed E-state index contributed by atoms with van der Waals surface area (Å²) in [6.07, 6.45) is 6.26. The van der Waals surface area contributed by atoms with Gasteiger partial charge >= 0.3 is 0 Å². The number of nitrogens with two attached hydrogens (primary N) is 1. The van der Waals surface area contributed by atoms with Gasteiger partial charge in [-0.25, -0.2) is 4.99 Å². The van der Waals surface area contributed by atoms with E-state index >= 15 is 0 Å². The molecule has 2 heterocycles. The summed E-state index contributed by atoms with van der Waals surface area (Å²) in [7, 11) is 0. The number of nitrogens with zero attached hydrogens (tertiary/aromatic N) is 2. The number of benzene rings is 1. The molecule has 1 aromatic rings. The Balaban J connectivity index is 1.42. The van der Waals surface area contributed by atoms with E-state index in [0.29, 0.717) is 56.0 Å². The zero-order valence-corrected chi connectivity index (χ0v) is 19.3. The minimum absolute atomic E-state index is 0.0547. The van der Waals surface area contributed by atoms with Crippen molar-refractivity contribution in [1.29, 1.82) is 0 Å². The van der Waals surface area contributed by atoms with Crippen LogP contribution in [0.4, 0.5) is 0 Å². The number of rotatable bonds is 8. The summed E-state index contributed by atoms with van der Waals surface area (Å²) in [6.45, 7) is 6.45. The maximum atomic E-state index is 12.5. The molecule has 176 valence electrons. The van der Waals surface area contributed by atoms with Crippen LogP contribution in [0, 0.1) is 12.8 Å². The molecule has 0 aromatic heterocycles. The van der Waals surface area contributed by atoms with Gasteiger partial charge in [0.2, 0.25) is 0 Å². The molecule has 3 rings (SSSR count). The highest BCUT2D eigenvalue weighted by Crippen LogP contribution is 2.21. The lowest BCUT2D eigenvalue weighted by Crippen LogP contribution is -2.35. The van der Waals surface area contributed by atoms with Crippen LogP contribution in [0.15, 0.2) is 28.3 Å². The summed E-state index contributed by atoms with van der Waals surface area (Å²) >= 11 is 0. The predicted molar refractivity (Wildman–Crippen MR) is 125 cm³/mol. The number of aliphatic imine (C=N–C) groups is 1. The first-order chi connectivity index (χ1) is 15.5. The van der Waals surface area contributed by atoms with Crippen LogP contribution in [0.25, 0.3) is 0 Å². The molecule has 8 heteroatoms. The number of amidine groups is 2. The maximum Gasteiger partial charge on any atom is 0.251 e. The molecule has 32 heavy (non-hydrogen) atoms. The lowest BCUT2D eigenvalue weighted by atomic mass is 9.94. The van der Waals surface area contributed by atoms with Crippen molar-refractivity contribution >= 4 is 17.6 Å². The zero-order valence-electron chi connectivity index (χ0n) is 19.3. The number of ether oxygens (including phenoxy) is 2. The van der Waals surface area contributed by atoms with E-state index in [2.05, 4.69) is 15.5 Å². The second-order valence-electron chi connectivity index (χ2n) is 8.49. The average Bonchev–Trinajstić information content (AvgIpc) is 3.29. The van der Waals surface area contributed by atoms with Gasteiger partial charge in [0, 0.05) is 25.0 Å². The standard InChI is InChI=1S/C24H36N4O4/c1-3-23-27-22(25)9-6-18(10-14-32-28-23)5-4-12-31-20-7-8-21(17(2)15-20)24(29)26-19-11-13-30-16-19/h7-8,15,18-19H,3-6,9-14,16H2,1-2H3,(H,26,29)(H2,25,27,28). The molecule has 0 bridgehead atoms. The maximum absolute atomic E-state index is 12.5. The molecule has 1 saturated heterocycles. The molecule has 2 aliphatic heterocycles. The SMILES string of the molecule is CC/C1=N/OCCC(CCCOc2ccc(C(=O)NC3CCOC3)c(C)c2)CCC(N)=N1. The van der Waals surface area contributed by atoms with Crippen molar-refractivity contribution in [2.24, 2.45) is 21.8 Å². The molecule has 3 N–H and O–H groups in total. The Morgan fingerprint density at radius 1 is 1.28 bits per heavy atom. The van der Waals surface area contributed by atoms with Crippen molar-refractivity contribution in [3.05, 3.63) is 29.3 Å². The van der Waals surface area contributed by atoms with Gasteiger partial charge in [-0.1, -0.05) is 12.1 Å². The Hall–Kier alpha value is -2.61. The Morgan fingerprint density at radius 2 is 2.16 bits per heavy atom. The third-order valence-electron chi connectivity index (χ3n) is 5.92. The van der Waals surface area contributed by atoms with Gasteiger partial charge in [-0.05, 0) is 68.7 Å². The lowest BCUT2D eigenvalue weighted by molar-refractivity contribution is 0.0929. The van der Waals surface area contributed by atoms with E-state index in [0.717, 1.165) is 49.8 Å². The third-order valence-corrected chi connectivity index (χ3v) is 5.92. The van der Waals surface area contributed by atoms with Gasteiger partial charge in [-0.3, -0.25) is 4.79 Å². The molecular formula is C24H36N4O4. The third kappa shape index (κ3) is 7.51. The van der Waals surface area contributed by atoms with E-state index in [4.69, 9.17) is 20.0 Å². The van der Waals surface area contributed by atoms with Crippen LogP contribution in [0.5, 0.6) is 5.75 Å². The highest BCUT2D eigenvalue weighted by atomic mass is 16.6. The Morgan fingerprint density at radius 3 is 2.91 bits per heavy atom. The summed E-state index contributed by atoms with van der Waals surface area (Å²) in [5, 5.41) is 7.10. The normalized spacial score (nSPS) is 23.4. The molecule has 2 aliphatic rings. The summed E-state index contributed by atoms with van der Waals surface area (Å²) in [6, 6.07) is 5.73. The van der Waals surface area contributed by atoms with E-state index in [9.17, 15) is 4.79 Å². The van der Waals surface area contributed by atoms with Gasteiger partial charge in [-0.2, -0.15) is 0 Å². The van der Waals surface area contributed by atoms with Crippen molar-refractivity contribution in [1.82, 2.24) is 5.32 Å². The summed E-state index contributed by atoms with van der Waals surface area (Å²) in [4.78, 5) is 22.2. The topological polar surface area (TPSA) is 108 Å². The first-order valence-corrected chi connectivity index (χ1v) is 11.7. The minimum atomic E-state index is -0.0547. The van der Waals surface area contributed by atoms with Gasteiger partial charge in [-0.15, -0.1) is 0 Å². The highest BCUT2D eigenvalue weighted by molar-refractivity contribution is 5.96. The molecular weight excluding hydrogens is 408 g/mol. The second-order valence-corrected chi connectivity index (χ2v) is 8.49.